The second-order valence-electron chi connectivity index (χ2n) is 4.88. The molecule has 0 unspecified atom stereocenters. The molecule has 0 radical (unpaired) electrons. The number of ketones is 1. The van der Waals surface area contributed by atoms with Crippen molar-refractivity contribution in [1.29, 1.82) is 0 Å². The Bertz CT molecular complexity index is 540. The standard InChI is InChI=1S/C15H17NOS/c1-10(2)8-12-4-6-13(7-5-12)15(17)14-9-18-11(3)16-14/h4-7,9-10H,8H2,1-3H3. The quantitative estimate of drug-likeness (QED) is 0.780. The van der Waals surface area contributed by atoms with Crippen LogP contribution in [0.3, 0.4) is 0 Å². The molecular formula is C15H17NOS. The third-order valence-corrected chi connectivity index (χ3v) is 3.49. The molecule has 1 aromatic heterocycles. The van der Waals surface area contributed by atoms with Crippen LogP contribution in [-0.2, 0) is 6.42 Å². The molecule has 2 aromatic rings. The Morgan fingerprint density at radius 2 is 1.94 bits per heavy atom. The fourth-order valence-corrected chi connectivity index (χ4v) is 2.47. The molecule has 18 heavy (non-hydrogen) atoms. The molecule has 0 fully saturated rings. The molecule has 0 aliphatic rings. The van der Waals surface area contributed by atoms with Gasteiger partial charge in [-0.2, -0.15) is 0 Å². The van der Waals surface area contributed by atoms with Gasteiger partial charge in [-0.3, -0.25) is 4.79 Å². The van der Waals surface area contributed by atoms with Crippen LogP contribution in [-0.4, -0.2) is 10.8 Å². The monoisotopic (exact) mass is 259 g/mol. The van der Waals surface area contributed by atoms with E-state index in [2.05, 4.69) is 18.8 Å². The smallest absolute Gasteiger partial charge is 0.212 e. The van der Waals surface area contributed by atoms with Gasteiger partial charge in [0.2, 0.25) is 5.78 Å². The number of hydrogen-bond acceptors (Lipinski definition) is 3. The van der Waals surface area contributed by atoms with Crippen molar-refractivity contribution in [2.24, 2.45) is 5.92 Å². The van der Waals surface area contributed by atoms with Crippen molar-refractivity contribution in [2.75, 3.05) is 0 Å². The Morgan fingerprint density at radius 3 is 2.44 bits per heavy atom. The van der Waals surface area contributed by atoms with E-state index in [1.54, 1.807) is 0 Å². The van der Waals surface area contributed by atoms with E-state index in [1.165, 1.54) is 16.9 Å². The highest BCUT2D eigenvalue weighted by Gasteiger charge is 2.12. The summed E-state index contributed by atoms with van der Waals surface area (Å²) in [5, 5.41) is 2.74. The number of nitrogens with zero attached hydrogens (tertiary/aromatic N) is 1. The number of aromatic nitrogens is 1. The van der Waals surface area contributed by atoms with Crippen molar-refractivity contribution in [3.8, 4) is 0 Å². The lowest BCUT2D eigenvalue weighted by Crippen LogP contribution is -2.02. The van der Waals surface area contributed by atoms with Gasteiger partial charge in [0.1, 0.15) is 5.69 Å². The normalized spacial score (nSPS) is 10.9. The lowest BCUT2D eigenvalue weighted by molar-refractivity contribution is 0.103. The van der Waals surface area contributed by atoms with Crippen molar-refractivity contribution in [3.05, 3.63) is 51.5 Å². The molecule has 3 heteroatoms. The summed E-state index contributed by atoms with van der Waals surface area (Å²) >= 11 is 1.51. The lowest BCUT2D eigenvalue weighted by atomic mass is 10.0. The van der Waals surface area contributed by atoms with Crippen LogP contribution in [0.2, 0.25) is 0 Å². The van der Waals surface area contributed by atoms with Crippen molar-refractivity contribution in [1.82, 2.24) is 4.98 Å². The number of carbonyl (C=O) groups excluding carboxylic acids is 1. The molecule has 0 aliphatic carbocycles. The Balaban J connectivity index is 2.17. The maximum atomic E-state index is 12.1. The third kappa shape index (κ3) is 3.05. The van der Waals surface area contributed by atoms with Crippen LogP contribution in [0.4, 0.5) is 0 Å². The maximum absolute atomic E-state index is 12.1. The summed E-state index contributed by atoms with van der Waals surface area (Å²) < 4.78 is 0. The first-order chi connectivity index (χ1) is 8.56. The first-order valence-electron chi connectivity index (χ1n) is 6.12. The Labute approximate surface area is 112 Å². The van der Waals surface area contributed by atoms with E-state index in [4.69, 9.17) is 0 Å². The van der Waals surface area contributed by atoms with E-state index in [1.807, 2.05) is 36.6 Å². The van der Waals surface area contributed by atoms with Crippen LogP contribution in [0.5, 0.6) is 0 Å². The van der Waals surface area contributed by atoms with E-state index < -0.39 is 0 Å². The molecule has 2 rings (SSSR count). The molecule has 0 N–H and O–H groups in total. The van der Waals surface area contributed by atoms with Gasteiger partial charge in [-0.25, -0.2) is 4.98 Å². The molecule has 1 heterocycles. The van der Waals surface area contributed by atoms with Gasteiger partial charge in [-0.15, -0.1) is 11.3 Å². The molecule has 0 atom stereocenters. The van der Waals surface area contributed by atoms with Crippen molar-refractivity contribution < 1.29 is 4.79 Å². The van der Waals surface area contributed by atoms with Gasteiger partial charge >= 0.3 is 0 Å². The van der Waals surface area contributed by atoms with Gasteiger partial charge in [0.05, 0.1) is 5.01 Å². The highest BCUT2D eigenvalue weighted by atomic mass is 32.1. The molecule has 0 bridgehead atoms. The number of aryl methyl sites for hydroxylation is 1. The van der Waals surface area contributed by atoms with Crippen LogP contribution in [0.15, 0.2) is 29.6 Å². The fraction of sp³-hybridized carbons (Fsp3) is 0.333. The fourth-order valence-electron chi connectivity index (χ4n) is 1.88. The number of carbonyl (C=O) groups is 1. The zero-order valence-electron chi connectivity index (χ0n) is 10.9. The number of benzene rings is 1. The van der Waals surface area contributed by atoms with E-state index in [0.717, 1.165) is 11.4 Å². The number of thiazole rings is 1. The maximum Gasteiger partial charge on any atom is 0.212 e. The zero-order chi connectivity index (χ0) is 13.1. The van der Waals surface area contributed by atoms with Crippen LogP contribution in [0.25, 0.3) is 0 Å². The molecule has 0 saturated carbocycles. The first-order valence-corrected chi connectivity index (χ1v) is 7.00. The van der Waals surface area contributed by atoms with E-state index in [-0.39, 0.29) is 5.78 Å². The van der Waals surface area contributed by atoms with Gasteiger partial charge in [-0.05, 0) is 24.8 Å². The van der Waals surface area contributed by atoms with Gasteiger partial charge < -0.3 is 0 Å². The minimum atomic E-state index is 0.00967. The summed E-state index contributed by atoms with van der Waals surface area (Å²) in [5.74, 6) is 0.642. The highest BCUT2D eigenvalue weighted by Crippen LogP contribution is 2.15. The third-order valence-electron chi connectivity index (χ3n) is 2.71. The summed E-state index contributed by atoms with van der Waals surface area (Å²) in [6.07, 6.45) is 1.05. The minimum Gasteiger partial charge on any atom is -0.287 e. The molecular weight excluding hydrogens is 242 g/mol. The van der Waals surface area contributed by atoms with E-state index in [9.17, 15) is 4.79 Å². The topological polar surface area (TPSA) is 30.0 Å². The van der Waals surface area contributed by atoms with Crippen LogP contribution >= 0.6 is 11.3 Å². The van der Waals surface area contributed by atoms with Gasteiger partial charge in [-0.1, -0.05) is 38.1 Å². The zero-order valence-corrected chi connectivity index (χ0v) is 11.8. The van der Waals surface area contributed by atoms with Crippen LogP contribution in [0, 0.1) is 12.8 Å². The minimum absolute atomic E-state index is 0.00967. The summed E-state index contributed by atoms with van der Waals surface area (Å²) in [5.41, 5.74) is 2.54. The molecule has 0 spiro atoms. The van der Waals surface area contributed by atoms with Crippen LogP contribution in [0.1, 0.15) is 40.5 Å². The van der Waals surface area contributed by atoms with Gasteiger partial charge in [0, 0.05) is 10.9 Å². The van der Waals surface area contributed by atoms with Crippen molar-refractivity contribution in [3.63, 3.8) is 0 Å². The Kier molecular flexibility index (Phi) is 3.92. The largest absolute Gasteiger partial charge is 0.287 e. The number of hydrogen-bond donors (Lipinski definition) is 0. The second kappa shape index (κ2) is 5.44. The Morgan fingerprint density at radius 1 is 1.28 bits per heavy atom. The lowest BCUT2D eigenvalue weighted by Gasteiger charge is -2.05. The average molecular weight is 259 g/mol. The highest BCUT2D eigenvalue weighted by molar-refractivity contribution is 7.09. The van der Waals surface area contributed by atoms with Crippen molar-refractivity contribution >= 4 is 17.1 Å². The molecule has 0 amide bonds. The SMILES string of the molecule is Cc1nc(C(=O)c2ccc(CC(C)C)cc2)cs1. The predicted octanol–water partition coefficient (Wildman–Crippen LogP) is 3.88. The first kappa shape index (κ1) is 13.0. The van der Waals surface area contributed by atoms with Crippen LogP contribution < -0.4 is 0 Å². The summed E-state index contributed by atoms with van der Waals surface area (Å²) in [6.45, 7) is 6.29. The van der Waals surface area contributed by atoms with Crippen molar-refractivity contribution in [2.45, 2.75) is 27.2 Å². The van der Waals surface area contributed by atoms with Gasteiger partial charge in [0.25, 0.3) is 0 Å². The summed E-state index contributed by atoms with van der Waals surface area (Å²) in [7, 11) is 0. The van der Waals surface area contributed by atoms with Gasteiger partial charge in [0.15, 0.2) is 0 Å². The average Bonchev–Trinajstić information content (AvgIpc) is 2.75. The molecule has 0 saturated heterocycles. The van der Waals surface area contributed by atoms with E-state index in [0.29, 0.717) is 17.2 Å². The number of rotatable bonds is 4. The van der Waals surface area contributed by atoms with E-state index >= 15 is 0 Å². The summed E-state index contributed by atoms with van der Waals surface area (Å²) in [4.78, 5) is 16.4. The molecule has 2 nitrogen and oxygen atoms in total. The Hall–Kier alpha value is -1.48. The predicted molar refractivity (Wildman–Crippen MR) is 75.3 cm³/mol. The molecule has 1 aromatic carbocycles. The molecule has 0 aliphatic heterocycles. The second-order valence-corrected chi connectivity index (χ2v) is 5.94. The summed E-state index contributed by atoms with van der Waals surface area (Å²) in [6, 6.07) is 7.86. The molecule has 94 valence electrons.